The number of amides is 1. The standard InChI is InChI=1S/C14H11N3O7/c18-11(16-7-1-2-9-10(3-7)24-6-23-9)5-22-13(20)8-4-15-14(21)17-12(8)19/h1-4H,5-6H2,(H,16,18)(H2,15,17,19,21). The molecular formula is C14H11N3O7. The van der Waals surface area contributed by atoms with Gasteiger partial charge >= 0.3 is 11.7 Å². The van der Waals surface area contributed by atoms with Gasteiger partial charge in [-0.2, -0.15) is 0 Å². The van der Waals surface area contributed by atoms with E-state index in [9.17, 15) is 19.2 Å². The van der Waals surface area contributed by atoms with Gasteiger partial charge in [0.25, 0.3) is 11.5 Å². The summed E-state index contributed by atoms with van der Waals surface area (Å²) >= 11 is 0. The van der Waals surface area contributed by atoms with Crippen LogP contribution in [0.15, 0.2) is 34.0 Å². The molecule has 10 heteroatoms. The molecule has 3 N–H and O–H groups in total. The third-order valence-electron chi connectivity index (χ3n) is 3.03. The first-order valence-electron chi connectivity index (χ1n) is 6.71. The number of hydrogen-bond acceptors (Lipinski definition) is 7. The van der Waals surface area contributed by atoms with Crippen molar-refractivity contribution in [3.8, 4) is 11.5 Å². The Morgan fingerprint density at radius 1 is 1.21 bits per heavy atom. The summed E-state index contributed by atoms with van der Waals surface area (Å²) in [5.41, 5.74) is -1.63. The molecule has 0 bridgehead atoms. The van der Waals surface area contributed by atoms with Crippen LogP contribution >= 0.6 is 0 Å². The molecule has 1 amide bonds. The van der Waals surface area contributed by atoms with Gasteiger partial charge in [0, 0.05) is 18.0 Å². The Morgan fingerprint density at radius 2 is 2.00 bits per heavy atom. The maximum atomic E-state index is 11.8. The van der Waals surface area contributed by atoms with E-state index < -0.39 is 35.3 Å². The number of carbonyl (C=O) groups excluding carboxylic acids is 2. The highest BCUT2D eigenvalue weighted by Gasteiger charge is 2.16. The minimum atomic E-state index is -1.03. The second-order valence-electron chi connectivity index (χ2n) is 4.68. The highest BCUT2D eigenvalue weighted by Crippen LogP contribution is 2.34. The number of rotatable bonds is 4. The number of H-pyrrole nitrogens is 2. The lowest BCUT2D eigenvalue weighted by molar-refractivity contribution is -0.119. The summed E-state index contributed by atoms with van der Waals surface area (Å²) in [6.07, 6.45) is 0.916. The molecule has 124 valence electrons. The van der Waals surface area contributed by atoms with Crippen molar-refractivity contribution in [3.63, 3.8) is 0 Å². The number of fused-ring (bicyclic) bond motifs is 1. The van der Waals surface area contributed by atoms with Crippen LogP contribution in [0.4, 0.5) is 5.69 Å². The van der Waals surface area contributed by atoms with E-state index in [1.165, 1.54) is 0 Å². The van der Waals surface area contributed by atoms with E-state index in [0.29, 0.717) is 17.2 Å². The maximum absolute atomic E-state index is 11.8. The second-order valence-corrected chi connectivity index (χ2v) is 4.68. The van der Waals surface area contributed by atoms with Crippen molar-refractivity contribution in [2.24, 2.45) is 0 Å². The monoisotopic (exact) mass is 333 g/mol. The number of anilines is 1. The van der Waals surface area contributed by atoms with E-state index in [-0.39, 0.29) is 6.79 Å². The SMILES string of the molecule is O=C(COC(=O)c1c[nH]c(=O)[nH]c1=O)Nc1ccc2c(c1)OCO2. The van der Waals surface area contributed by atoms with Crippen LogP contribution in [0.3, 0.4) is 0 Å². The van der Waals surface area contributed by atoms with Crippen LogP contribution in [-0.4, -0.2) is 35.2 Å². The van der Waals surface area contributed by atoms with Crippen LogP contribution in [0.1, 0.15) is 10.4 Å². The third-order valence-corrected chi connectivity index (χ3v) is 3.03. The van der Waals surface area contributed by atoms with Crippen LogP contribution in [0.5, 0.6) is 11.5 Å². The van der Waals surface area contributed by atoms with Gasteiger partial charge in [0.1, 0.15) is 5.56 Å². The predicted octanol–water partition coefficient (Wildman–Crippen LogP) is -0.413. The number of benzene rings is 1. The molecule has 0 atom stereocenters. The van der Waals surface area contributed by atoms with E-state index in [2.05, 4.69) is 10.3 Å². The van der Waals surface area contributed by atoms with Gasteiger partial charge in [-0.25, -0.2) is 9.59 Å². The number of aromatic nitrogens is 2. The van der Waals surface area contributed by atoms with Crippen molar-refractivity contribution in [1.29, 1.82) is 0 Å². The van der Waals surface area contributed by atoms with Crippen LogP contribution < -0.4 is 26.0 Å². The normalized spacial score (nSPS) is 11.8. The number of hydrogen-bond donors (Lipinski definition) is 3. The second kappa shape index (κ2) is 6.28. The minimum absolute atomic E-state index is 0.109. The molecule has 24 heavy (non-hydrogen) atoms. The average molecular weight is 333 g/mol. The molecular weight excluding hydrogens is 322 g/mol. The average Bonchev–Trinajstić information content (AvgIpc) is 3.00. The topological polar surface area (TPSA) is 140 Å². The number of nitrogens with one attached hydrogen (secondary N) is 3. The fraction of sp³-hybridized carbons (Fsp3) is 0.143. The summed E-state index contributed by atoms with van der Waals surface area (Å²) < 4.78 is 15.0. The van der Waals surface area contributed by atoms with Gasteiger partial charge in [-0.3, -0.25) is 14.6 Å². The number of carbonyl (C=O) groups is 2. The lowest BCUT2D eigenvalue weighted by atomic mass is 10.3. The lowest BCUT2D eigenvalue weighted by Gasteiger charge is -2.07. The molecule has 0 fully saturated rings. The van der Waals surface area contributed by atoms with Crippen LogP contribution in [0, 0.1) is 0 Å². The van der Waals surface area contributed by atoms with Crippen molar-refractivity contribution in [2.45, 2.75) is 0 Å². The fourth-order valence-electron chi connectivity index (χ4n) is 1.94. The highest BCUT2D eigenvalue weighted by molar-refractivity contribution is 5.95. The van der Waals surface area contributed by atoms with E-state index in [1.807, 2.05) is 4.98 Å². The van der Waals surface area contributed by atoms with Crippen molar-refractivity contribution in [1.82, 2.24) is 9.97 Å². The Hall–Kier alpha value is -3.56. The Kier molecular flexibility index (Phi) is 4.01. The first-order chi connectivity index (χ1) is 11.5. The van der Waals surface area contributed by atoms with Crippen molar-refractivity contribution >= 4 is 17.6 Å². The Labute approximate surface area is 133 Å². The van der Waals surface area contributed by atoms with Gasteiger partial charge in [0.15, 0.2) is 18.1 Å². The summed E-state index contributed by atoms with van der Waals surface area (Å²) in [7, 11) is 0. The molecule has 0 saturated carbocycles. The summed E-state index contributed by atoms with van der Waals surface area (Å²) in [6.45, 7) is -0.496. The summed E-state index contributed by atoms with van der Waals surface area (Å²) in [5, 5.41) is 2.51. The molecule has 1 aromatic carbocycles. The number of aromatic amines is 2. The zero-order valence-electron chi connectivity index (χ0n) is 12.1. The molecule has 2 heterocycles. The van der Waals surface area contributed by atoms with Gasteiger partial charge in [0.05, 0.1) is 0 Å². The smallest absolute Gasteiger partial charge is 0.345 e. The van der Waals surface area contributed by atoms with Crippen LogP contribution in [0.25, 0.3) is 0 Å². The van der Waals surface area contributed by atoms with Gasteiger partial charge in [0.2, 0.25) is 6.79 Å². The Morgan fingerprint density at radius 3 is 2.79 bits per heavy atom. The van der Waals surface area contributed by atoms with Gasteiger partial charge < -0.3 is 24.5 Å². The van der Waals surface area contributed by atoms with Gasteiger partial charge in [-0.05, 0) is 12.1 Å². The zero-order valence-corrected chi connectivity index (χ0v) is 12.1. The first kappa shape index (κ1) is 15.3. The summed E-state index contributed by atoms with van der Waals surface area (Å²) in [4.78, 5) is 49.8. The van der Waals surface area contributed by atoms with E-state index in [4.69, 9.17) is 14.2 Å². The minimum Gasteiger partial charge on any atom is -0.454 e. The molecule has 1 aliphatic heterocycles. The highest BCUT2D eigenvalue weighted by atomic mass is 16.7. The predicted molar refractivity (Wildman–Crippen MR) is 79.2 cm³/mol. The van der Waals surface area contributed by atoms with Crippen molar-refractivity contribution < 1.29 is 23.8 Å². The summed E-state index contributed by atoms with van der Waals surface area (Å²) in [6, 6.07) is 4.79. The van der Waals surface area contributed by atoms with Crippen LogP contribution in [0.2, 0.25) is 0 Å². The molecule has 2 aromatic rings. The molecule has 0 unspecified atom stereocenters. The van der Waals surface area contributed by atoms with Crippen molar-refractivity contribution in [3.05, 3.63) is 50.8 Å². The lowest BCUT2D eigenvalue weighted by Crippen LogP contribution is -2.29. The van der Waals surface area contributed by atoms with E-state index in [0.717, 1.165) is 6.20 Å². The number of esters is 1. The van der Waals surface area contributed by atoms with Crippen LogP contribution in [-0.2, 0) is 9.53 Å². The first-order valence-corrected chi connectivity index (χ1v) is 6.71. The largest absolute Gasteiger partial charge is 0.454 e. The molecule has 1 aromatic heterocycles. The number of ether oxygens (including phenoxy) is 3. The Balaban J connectivity index is 1.58. The molecule has 0 saturated heterocycles. The fourth-order valence-corrected chi connectivity index (χ4v) is 1.94. The molecule has 0 radical (unpaired) electrons. The Bertz CT molecular complexity index is 915. The molecule has 10 nitrogen and oxygen atoms in total. The summed E-state index contributed by atoms with van der Waals surface area (Å²) in [5.74, 6) is -0.585. The van der Waals surface area contributed by atoms with E-state index in [1.54, 1.807) is 18.2 Å². The molecule has 0 aliphatic carbocycles. The quantitative estimate of drug-likeness (QED) is 0.646. The zero-order chi connectivity index (χ0) is 17.1. The van der Waals surface area contributed by atoms with E-state index >= 15 is 0 Å². The van der Waals surface area contributed by atoms with Gasteiger partial charge in [-0.1, -0.05) is 0 Å². The molecule has 3 rings (SSSR count). The van der Waals surface area contributed by atoms with Gasteiger partial charge in [-0.15, -0.1) is 0 Å². The molecule has 1 aliphatic rings. The maximum Gasteiger partial charge on any atom is 0.345 e. The molecule has 0 spiro atoms. The third kappa shape index (κ3) is 3.27. The van der Waals surface area contributed by atoms with Crippen molar-refractivity contribution in [2.75, 3.05) is 18.7 Å².